The number of nitrogens with zero attached hydrogens (tertiary/aromatic N) is 4. The smallest absolute Gasteiger partial charge is 0.257 e. The molecule has 0 saturated carbocycles. The molecule has 0 aromatic carbocycles. The Balaban J connectivity index is 1.57. The van der Waals surface area contributed by atoms with Crippen LogP contribution < -0.4 is 0 Å². The Morgan fingerprint density at radius 2 is 2.12 bits per heavy atom. The molecule has 0 spiro atoms. The first-order chi connectivity index (χ1) is 12.0. The second kappa shape index (κ2) is 6.02. The molecule has 1 saturated heterocycles. The number of amides is 1. The number of H-pyrrole nitrogens is 1. The fourth-order valence-corrected chi connectivity index (χ4v) is 3.66. The lowest BCUT2D eigenvalue weighted by Gasteiger charge is -2.32. The number of nitrogens with one attached hydrogen (secondary N) is 1. The van der Waals surface area contributed by atoms with Gasteiger partial charge in [0.25, 0.3) is 5.91 Å². The number of likely N-dealkylation sites (tertiary alicyclic amines) is 1. The number of pyridine rings is 1. The molecule has 4 heterocycles. The quantitative estimate of drug-likeness (QED) is 0.782. The highest BCUT2D eigenvalue weighted by Gasteiger charge is 2.28. The molecule has 1 unspecified atom stereocenters. The third-order valence-electron chi connectivity index (χ3n) is 5.24. The van der Waals surface area contributed by atoms with E-state index in [2.05, 4.69) is 34.1 Å². The molecule has 1 aliphatic heterocycles. The molecule has 3 aromatic rings. The van der Waals surface area contributed by atoms with Crippen LogP contribution in [0.1, 0.15) is 46.1 Å². The van der Waals surface area contributed by atoms with E-state index in [1.165, 1.54) is 5.69 Å². The SMILES string of the molecule is Cc1cnc2[nH]c(C3CCCN(C(=O)c4cnn(C)c4C)C3)cc2c1. The molecule has 6 heteroatoms. The van der Waals surface area contributed by atoms with Crippen molar-refractivity contribution >= 4 is 16.9 Å². The summed E-state index contributed by atoms with van der Waals surface area (Å²) in [6.07, 6.45) is 5.65. The number of carbonyl (C=O) groups excluding carboxylic acids is 1. The van der Waals surface area contributed by atoms with E-state index in [4.69, 9.17) is 0 Å². The zero-order chi connectivity index (χ0) is 17.6. The van der Waals surface area contributed by atoms with E-state index in [0.717, 1.165) is 48.2 Å². The molecule has 1 atom stereocenters. The number of hydrogen-bond donors (Lipinski definition) is 1. The number of aryl methyl sites for hydroxylation is 2. The Morgan fingerprint density at radius 1 is 1.28 bits per heavy atom. The average Bonchev–Trinajstić information content (AvgIpc) is 3.18. The van der Waals surface area contributed by atoms with Crippen molar-refractivity contribution in [2.75, 3.05) is 13.1 Å². The molecule has 1 amide bonds. The Morgan fingerprint density at radius 3 is 2.88 bits per heavy atom. The molecule has 6 nitrogen and oxygen atoms in total. The van der Waals surface area contributed by atoms with Gasteiger partial charge in [0.15, 0.2) is 0 Å². The third kappa shape index (κ3) is 2.81. The minimum absolute atomic E-state index is 0.0837. The van der Waals surface area contributed by atoms with Crippen molar-refractivity contribution in [3.63, 3.8) is 0 Å². The molecule has 3 aromatic heterocycles. The Labute approximate surface area is 146 Å². The van der Waals surface area contributed by atoms with Gasteiger partial charge in [-0.15, -0.1) is 0 Å². The van der Waals surface area contributed by atoms with Gasteiger partial charge in [0.1, 0.15) is 5.65 Å². The molecule has 1 aliphatic rings. The highest BCUT2D eigenvalue weighted by atomic mass is 16.2. The molecule has 1 fully saturated rings. The first kappa shape index (κ1) is 15.9. The van der Waals surface area contributed by atoms with Crippen LogP contribution in [0.15, 0.2) is 24.5 Å². The first-order valence-electron chi connectivity index (χ1n) is 8.76. The van der Waals surface area contributed by atoms with Gasteiger partial charge in [-0.1, -0.05) is 0 Å². The largest absolute Gasteiger partial charge is 0.343 e. The van der Waals surface area contributed by atoms with E-state index in [-0.39, 0.29) is 5.91 Å². The number of carbonyl (C=O) groups is 1. The molecule has 25 heavy (non-hydrogen) atoms. The molecular formula is C19H23N5O. The maximum Gasteiger partial charge on any atom is 0.257 e. The Bertz CT molecular complexity index is 939. The molecule has 1 N–H and O–H groups in total. The predicted octanol–water partition coefficient (Wildman–Crippen LogP) is 2.93. The lowest BCUT2D eigenvalue weighted by atomic mass is 9.94. The molecule has 4 rings (SSSR count). The summed E-state index contributed by atoms with van der Waals surface area (Å²) in [5.74, 6) is 0.407. The van der Waals surface area contributed by atoms with Gasteiger partial charge >= 0.3 is 0 Å². The predicted molar refractivity (Wildman–Crippen MR) is 96.7 cm³/mol. The summed E-state index contributed by atoms with van der Waals surface area (Å²) in [6, 6.07) is 4.33. The first-order valence-corrected chi connectivity index (χ1v) is 8.76. The van der Waals surface area contributed by atoms with Gasteiger partial charge in [0, 0.05) is 49.0 Å². The summed E-state index contributed by atoms with van der Waals surface area (Å²) < 4.78 is 1.75. The fourth-order valence-electron chi connectivity index (χ4n) is 3.66. The number of piperidine rings is 1. The van der Waals surface area contributed by atoms with Crippen LogP contribution in [0.25, 0.3) is 11.0 Å². The van der Waals surface area contributed by atoms with Crippen molar-refractivity contribution < 1.29 is 4.79 Å². The van der Waals surface area contributed by atoms with Crippen LogP contribution in [0, 0.1) is 13.8 Å². The van der Waals surface area contributed by atoms with Crippen molar-refractivity contribution in [1.82, 2.24) is 24.6 Å². The van der Waals surface area contributed by atoms with Crippen LogP contribution in [-0.2, 0) is 7.05 Å². The Hall–Kier alpha value is -2.63. The van der Waals surface area contributed by atoms with Crippen LogP contribution in [0.3, 0.4) is 0 Å². The lowest BCUT2D eigenvalue weighted by molar-refractivity contribution is 0.0705. The summed E-state index contributed by atoms with van der Waals surface area (Å²) in [4.78, 5) is 22.7. The van der Waals surface area contributed by atoms with E-state index in [0.29, 0.717) is 11.5 Å². The van der Waals surface area contributed by atoms with Crippen molar-refractivity contribution in [3.8, 4) is 0 Å². The summed E-state index contributed by atoms with van der Waals surface area (Å²) in [5, 5.41) is 5.34. The third-order valence-corrected chi connectivity index (χ3v) is 5.24. The van der Waals surface area contributed by atoms with Crippen LogP contribution in [0.4, 0.5) is 0 Å². The van der Waals surface area contributed by atoms with Crippen molar-refractivity contribution in [1.29, 1.82) is 0 Å². The number of fused-ring (bicyclic) bond motifs is 1. The van der Waals surface area contributed by atoms with Gasteiger partial charge in [0.05, 0.1) is 11.8 Å². The minimum atomic E-state index is 0.0837. The topological polar surface area (TPSA) is 66.8 Å². The standard InChI is InChI=1S/C19H23N5O/c1-12-7-15-8-17(22-18(15)20-9-12)14-5-4-6-24(11-14)19(25)16-10-21-23(3)13(16)2/h7-10,14H,4-6,11H2,1-3H3,(H,20,22). The van der Waals surface area contributed by atoms with Crippen LogP contribution >= 0.6 is 0 Å². The van der Waals surface area contributed by atoms with E-state index >= 15 is 0 Å². The second-order valence-corrected chi connectivity index (χ2v) is 7.03. The highest BCUT2D eigenvalue weighted by molar-refractivity contribution is 5.95. The summed E-state index contributed by atoms with van der Waals surface area (Å²) in [6.45, 7) is 5.53. The van der Waals surface area contributed by atoms with Crippen LogP contribution in [-0.4, -0.2) is 43.6 Å². The van der Waals surface area contributed by atoms with Crippen molar-refractivity contribution in [2.24, 2.45) is 7.05 Å². The van der Waals surface area contributed by atoms with Gasteiger partial charge in [-0.2, -0.15) is 5.10 Å². The molecule has 0 bridgehead atoms. The monoisotopic (exact) mass is 337 g/mol. The second-order valence-electron chi connectivity index (χ2n) is 7.03. The zero-order valence-corrected chi connectivity index (χ0v) is 14.9. The summed E-state index contributed by atoms with van der Waals surface area (Å²) >= 11 is 0. The van der Waals surface area contributed by atoms with Crippen molar-refractivity contribution in [2.45, 2.75) is 32.6 Å². The fraction of sp³-hybridized carbons (Fsp3) is 0.421. The Kier molecular flexibility index (Phi) is 3.82. The number of rotatable bonds is 2. The summed E-state index contributed by atoms with van der Waals surface area (Å²) in [5.41, 5.74) is 4.88. The molecule has 0 radical (unpaired) electrons. The maximum absolute atomic E-state index is 12.9. The van der Waals surface area contributed by atoms with Gasteiger partial charge in [-0.05, 0) is 44.4 Å². The highest BCUT2D eigenvalue weighted by Crippen LogP contribution is 2.29. The van der Waals surface area contributed by atoms with Crippen LogP contribution in [0.5, 0.6) is 0 Å². The number of aromatic amines is 1. The van der Waals surface area contributed by atoms with E-state index in [9.17, 15) is 4.79 Å². The maximum atomic E-state index is 12.9. The molecule has 130 valence electrons. The van der Waals surface area contributed by atoms with E-state index in [1.807, 2.05) is 25.1 Å². The number of aromatic nitrogens is 4. The normalized spacial score (nSPS) is 18.0. The van der Waals surface area contributed by atoms with Gasteiger partial charge < -0.3 is 9.88 Å². The number of hydrogen-bond acceptors (Lipinski definition) is 3. The van der Waals surface area contributed by atoms with Crippen LogP contribution in [0.2, 0.25) is 0 Å². The minimum Gasteiger partial charge on any atom is -0.343 e. The molecule has 0 aliphatic carbocycles. The summed E-state index contributed by atoms with van der Waals surface area (Å²) in [7, 11) is 1.87. The van der Waals surface area contributed by atoms with Crippen molar-refractivity contribution in [3.05, 3.63) is 47.0 Å². The van der Waals surface area contributed by atoms with Gasteiger partial charge in [0.2, 0.25) is 0 Å². The lowest BCUT2D eigenvalue weighted by Crippen LogP contribution is -2.39. The van der Waals surface area contributed by atoms with Gasteiger partial charge in [-0.3, -0.25) is 9.48 Å². The average molecular weight is 337 g/mol. The van der Waals surface area contributed by atoms with Gasteiger partial charge in [-0.25, -0.2) is 4.98 Å². The molecular weight excluding hydrogens is 314 g/mol. The van der Waals surface area contributed by atoms with E-state index < -0.39 is 0 Å². The zero-order valence-electron chi connectivity index (χ0n) is 14.9. The van der Waals surface area contributed by atoms with E-state index in [1.54, 1.807) is 10.9 Å².